The number of methoxy groups -OCH3 is 1. The standard InChI is InChI=1S/C21H26N2O3S/c1-4-22-21(25)16(2)23(14-17-9-8-10-18(13-17)26-3)20(24)15-27-19-11-6-5-7-12-19/h5-13,16H,4,14-15H2,1-3H3,(H,22,25)/t16-/m0/s1. The van der Waals surface area contributed by atoms with Gasteiger partial charge in [-0.25, -0.2) is 0 Å². The number of carbonyl (C=O) groups excluding carboxylic acids is 2. The Labute approximate surface area is 165 Å². The number of amides is 2. The van der Waals surface area contributed by atoms with Crippen molar-refractivity contribution in [1.29, 1.82) is 0 Å². The van der Waals surface area contributed by atoms with Gasteiger partial charge in [0.05, 0.1) is 12.9 Å². The van der Waals surface area contributed by atoms with Crippen LogP contribution in [0, 0.1) is 0 Å². The summed E-state index contributed by atoms with van der Waals surface area (Å²) >= 11 is 1.47. The minimum atomic E-state index is -0.556. The maximum Gasteiger partial charge on any atom is 0.242 e. The molecule has 2 aromatic rings. The minimum absolute atomic E-state index is 0.0783. The van der Waals surface area contributed by atoms with Gasteiger partial charge in [-0.3, -0.25) is 9.59 Å². The van der Waals surface area contributed by atoms with Gasteiger partial charge in [0, 0.05) is 18.0 Å². The predicted molar refractivity (Wildman–Crippen MR) is 109 cm³/mol. The normalized spacial score (nSPS) is 11.5. The first kappa shape index (κ1) is 20.8. The molecule has 0 bridgehead atoms. The Morgan fingerprint density at radius 3 is 2.56 bits per heavy atom. The van der Waals surface area contributed by atoms with Crippen LogP contribution < -0.4 is 10.1 Å². The summed E-state index contributed by atoms with van der Waals surface area (Å²) in [5.41, 5.74) is 0.920. The Morgan fingerprint density at radius 1 is 1.15 bits per heavy atom. The lowest BCUT2D eigenvalue weighted by molar-refractivity contribution is -0.138. The molecular formula is C21H26N2O3S. The van der Waals surface area contributed by atoms with Gasteiger partial charge in [0.1, 0.15) is 11.8 Å². The predicted octanol–water partition coefficient (Wildman–Crippen LogP) is 3.34. The van der Waals surface area contributed by atoms with Crippen molar-refractivity contribution in [2.24, 2.45) is 0 Å². The van der Waals surface area contributed by atoms with E-state index >= 15 is 0 Å². The van der Waals surface area contributed by atoms with Crippen molar-refractivity contribution >= 4 is 23.6 Å². The van der Waals surface area contributed by atoms with Crippen molar-refractivity contribution in [2.75, 3.05) is 19.4 Å². The number of hydrogen-bond acceptors (Lipinski definition) is 4. The number of ether oxygens (including phenoxy) is 1. The zero-order chi connectivity index (χ0) is 19.6. The van der Waals surface area contributed by atoms with Gasteiger partial charge in [-0.15, -0.1) is 11.8 Å². The quantitative estimate of drug-likeness (QED) is 0.672. The van der Waals surface area contributed by atoms with Crippen molar-refractivity contribution in [2.45, 2.75) is 31.3 Å². The highest BCUT2D eigenvalue weighted by molar-refractivity contribution is 8.00. The lowest BCUT2D eigenvalue weighted by Gasteiger charge is -2.28. The summed E-state index contributed by atoms with van der Waals surface area (Å²) in [6.07, 6.45) is 0. The Balaban J connectivity index is 2.14. The van der Waals surface area contributed by atoms with Crippen LogP contribution >= 0.6 is 11.8 Å². The highest BCUT2D eigenvalue weighted by Gasteiger charge is 2.25. The minimum Gasteiger partial charge on any atom is -0.497 e. The molecule has 0 saturated heterocycles. The summed E-state index contributed by atoms with van der Waals surface area (Å²) in [4.78, 5) is 27.9. The van der Waals surface area contributed by atoms with Crippen LogP contribution in [0.2, 0.25) is 0 Å². The van der Waals surface area contributed by atoms with E-state index in [1.807, 2.05) is 61.5 Å². The zero-order valence-corrected chi connectivity index (χ0v) is 16.8. The summed E-state index contributed by atoms with van der Waals surface area (Å²) in [7, 11) is 1.61. The molecule has 0 fully saturated rings. The molecule has 0 aliphatic rings. The van der Waals surface area contributed by atoms with Gasteiger partial charge in [0.25, 0.3) is 0 Å². The van der Waals surface area contributed by atoms with Gasteiger partial charge in [-0.1, -0.05) is 30.3 Å². The molecule has 0 aliphatic carbocycles. The fourth-order valence-electron chi connectivity index (χ4n) is 2.62. The summed E-state index contributed by atoms with van der Waals surface area (Å²) in [5.74, 6) is 0.769. The van der Waals surface area contributed by atoms with Gasteiger partial charge < -0.3 is 15.0 Å². The number of benzene rings is 2. The van der Waals surface area contributed by atoms with Crippen LogP contribution in [0.25, 0.3) is 0 Å². The van der Waals surface area contributed by atoms with E-state index in [9.17, 15) is 9.59 Å². The van der Waals surface area contributed by atoms with Gasteiger partial charge in [-0.05, 0) is 43.7 Å². The van der Waals surface area contributed by atoms with Gasteiger partial charge >= 0.3 is 0 Å². The first-order valence-corrected chi connectivity index (χ1v) is 9.91. The molecule has 1 atom stereocenters. The van der Waals surface area contributed by atoms with E-state index in [0.717, 1.165) is 16.2 Å². The Morgan fingerprint density at radius 2 is 1.89 bits per heavy atom. The van der Waals surface area contributed by atoms with Crippen LogP contribution in [-0.4, -0.2) is 42.2 Å². The van der Waals surface area contributed by atoms with E-state index in [4.69, 9.17) is 4.74 Å². The highest BCUT2D eigenvalue weighted by atomic mass is 32.2. The lowest BCUT2D eigenvalue weighted by atomic mass is 10.1. The molecule has 2 amide bonds. The van der Waals surface area contributed by atoms with E-state index < -0.39 is 6.04 Å². The largest absolute Gasteiger partial charge is 0.497 e. The molecule has 1 N–H and O–H groups in total. The molecule has 0 radical (unpaired) electrons. The second kappa shape index (κ2) is 10.6. The number of carbonyl (C=O) groups is 2. The van der Waals surface area contributed by atoms with E-state index in [-0.39, 0.29) is 17.6 Å². The second-order valence-corrected chi connectivity index (χ2v) is 7.09. The average Bonchev–Trinajstić information content (AvgIpc) is 2.70. The van der Waals surface area contributed by atoms with Crippen LogP contribution in [0.1, 0.15) is 19.4 Å². The maximum atomic E-state index is 12.9. The second-order valence-electron chi connectivity index (χ2n) is 6.05. The molecule has 5 nitrogen and oxygen atoms in total. The van der Waals surface area contributed by atoms with Crippen LogP contribution in [0.5, 0.6) is 5.75 Å². The fraction of sp³-hybridized carbons (Fsp3) is 0.333. The molecule has 0 saturated carbocycles. The third kappa shape index (κ3) is 6.32. The van der Waals surface area contributed by atoms with Crippen molar-refractivity contribution in [3.8, 4) is 5.75 Å². The first-order chi connectivity index (χ1) is 13.0. The molecule has 0 aromatic heterocycles. The molecule has 2 rings (SSSR count). The van der Waals surface area contributed by atoms with Crippen molar-refractivity contribution in [1.82, 2.24) is 10.2 Å². The number of hydrogen-bond donors (Lipinski definition) is 1. The summed E-state index contributed by atoms with van der Waals surface area (Å²) in [6, 6.07) is 16.8. The molecule has 0 spiro atoms. The number of nitrogens with zero attached hydrogens (tertiary/aromatic N) is 1. The molecule has 0 heterocycles. The first-order valence-electron chi connectivity index (χ1n) is 8.93. The molecule has 0 unspecified atom stereocenters. The smallest absolute Gasteiger partial charge is 0.242 e. The van der Waals surface area contributed by atoms with E-state index in [0.29, 0.717) is 13.1 Å². The molecule has 0 aliphatic heterocycles. The molecule has 6 heteroatoms. The van der Waals surface area contributed by atoms with E-state index in [1.54, 1.807) is 18.9 Å². The van der Waals surface area contributed by atoms with Gasteiger partial charge in [-0.2, -0.15) is 0 Å². The van der Waals surface area contributed by atoms with Crippen LogP contribution in [0.15, 0.2) is 59.5 Å². The number of likely N-dealkylation sites (N-methyl/N-ethyl adjacent to an activating group) is 1. The molecular weight excluding hydrogens is 360 g/mol. The lowest BCUT2D eigenvalue weighted by Crippen LogP contribution is -2.48. The Kier molecular flexibility index (Phi) is 8.20. The summed E-state index contributed by atoms with van der Waals surface area (Å²) < 4.78 is 5.26. The van der Waals surface area contributed by atoms with Crippen molar-refractivity contribution in [3.05, 3.63) is 60.2 Å². The van der Waals surface area contributed by atoms with Crippen LogP contribution in [0.3, 0.4) is 0 Å². The zero-order valence-electron chi connectivity index (χ0n) is 16.0. The summed E-state index contributed by atoms with van der Waals surface area (Å²) in [6.45, 7) is 4.51. The number of rotatable bonds is 9. The number of thioether (sulfide) groups is 1. The topological polar surface area (TPSA) is 58.6 Å². The summed E-state index contributed by atoms with van der Waals surface area (Å²) in [5, 5.41) is 2.80. The van der Waals surface area contributed by atoms with E-state index in [2.05, 4.69) is 5.32 Å². The number of nitrogens with one attached hydrogen (secondary N) is 1. The van der Waals surface area contributed by atoms with Gasteiger partial charge in [0.15, 0.2) is 0 Å². The highest BCUT2D eigenvalue weighted by Crippen LogP contribution is 2.20. The molecule has 2 aromatic carbocycles. The third-order valence-electron chi connectivity index (χ3n) is 4.11. The van der Waals surface area contributed by atoms with Crippen LogP contribution in [-0.2, 0) is 16.1 Å². The van der Waals surface area contributed by atoms with E-state index in [1.165, 1.54) is 11.8 Å². The molecule has 27 heavy (non-hydrogen) atoms. The maximum absolute atomic E-state index is 12.9. The molecule has 144 valence electrons. The Hall–Kier alpha value is -2.47. The van der Waals surface area contributed by atoms with Crippen LogP contribution in [0.4, 0.5) is 0 Å². The van der Waals surface area contributed by atoms with Crippen molar-refractivity contribution < 1.29 is 14.3 Å². The SMILES string of the molecule is CCNC(=O)[C@H](C)N(Cc1cccc(OC)c1)C(=O)CSc1ccccc1. The monoisotopic (exact) mass is 386 g/mol. The Bertz CT molecular complexity index is 752. The van der Waals surface area contributed by atoms with Gasteiger partial charge in [0.2, 0.25) is 11.8 Å². The van der Waals surface area contributed by atoms with Crippen molar-refractivity contribution in [3.63, 3.8) is 0 Å². The average molecular weight is 387 g/mol. The third-order valence-corrected chi connectivity index (χ3v) is 5.11. The fourth-order valence-corrected chi connectivity index (χ4v) is 3.42.